The quantitative estimate of drug-likeness (QED) is 0.450. The van der Waals surface area contributed by atoms with Crippen LogP contribution in [-0.2, 0) is 16.1 Å². The molecular formula is C13H18N2O4. The molecule has 0 saturated heterocycles. The molecule has 1 rings (SSSR count). The van der Waals surface area contributed by atoms with Gasteiger partial charge in [-0.15, -0.1) is 0 Å². The number of rotatable bonds is 7. The highest BCUT2D eigenvalue weighted by Gasteiger charge is 2.03. The van der Waals surface area contributed by atoms with Crippen molar-refractivity contribution in [3.8, 4) is 0 Å². The summed E-state index contributed by atoms with van der Waals surface area (Å²) >= 11 is 0. The van der Waals surface area contributed by atoms with E-state index in [-0.39, 0.29) is 5.56 Å². The fourth-order valence-corrected chi connectivity index (χ4v) is 1.50. The third-order valence-electron chi connectivity index (χ3n) is 2.55. The maximum atomic E-state index is 11.4. The van der Waals surface area contributed by atoms with Gasteiger partial charge in [0.2, 0.25) is 0 Å². The summed E-state index contributed by atoms with van der Waals surface area (Å²) in [4.78, 5) is 36.3. The molecule has 6 nitrogen and oxygen atoms in total. The molecule has 104 valence electrons. The number of esters is 1. The van der Waals surface area contributed by atoms with Gasteiger partial charge in [-0.25, -0.2) is 9.59 Å². The van der Waals surface area contributed by atoms with Crippen LogP contribution >= 0.6 is 0 Å². The van der Waals surface area contributed by atoms with Gasteiger partial charge in [-0.2, -0.15) is 0 Å². The number of hydrogen-bond donors (Lipinski definition) is 1. The number of aromatic nitrogens is 2. The Morgan fingerprint density at radius 1 is 1.37 bits per heavy atom. The highest BCUT2D eigenvalue weighted by Crippen LogP contribution is 1.99. The van der Waals surface area contributed by atoms with Crippen LogP contribution in [-0.4, -0.2) is 22.1 Å². The number of aromatic amines is 1. The highest BCUT2D eigenvalue weighted by atomic mass is 16.5. The van der Waals surface area contributed by atoms with E-state index in [4.69, 9.17) is 4.74 Å². The Bertz CT molecular complexity index is 528. The van der Waals surface area contributed by atoms with Gasteiger partial charge >= 0.3 is 11.7 Å². The average molecular weight is 266 g/mol. The minimum Gasteiger partial charge on any atom is -0.462 e. The van der Waals surface area contributed by atoms with Gasteiger partial charge in [0.15, 0.2) is 0 Å². The van der Waals surface area contributed by atoms with Crippen molar-refractivity contribution in [1.29, 1.82) is 0 Å². The molecular weight excluding hydrogens is 248 g/mol. The molecule has 1 N–H and O–H groups in total. The maximum Gasteiger partial charge on any atom is 0.333 e. The van der Waals surface area contributed by atoms with Crippen LogP contribution in [0.4, 0.5) is 0 Å². The molecule has 0 fully saturated rings. The molecule has 0 amide bonds. The molecule has 19 heavy (non-hydrogen) atoms. The summed E-state index contributed by atoms with van der Waals surface area (Å²) in [5, 5.41) is 0. The van der Waals surface area contributed by atoms with Gasteiger partial charge in [-0.3, -0.25) is 9.36 Å². The number of nitrogens with zero attached hydrogens (tertiary/aromatic N) is 1. The number of ether oxygens (including phenoxy) is 1. The van der Waals surface area contributed by atoms with E-state index >= 15 is 0 Å². The zero-order chi connectivity index (χ0) is 14.3. The van der Waals surface area contributed by atoms with Crippen LogP contribution in [0.3, 0.4) is 0 Å². The van der Waals surface area contributed by atoms with Gasteiger partial charge < -0.3 is 9.72 Å². The molecule has 0 aliphatic carbocycles. The van der Waals surface area contributed by atoms with E-state index in [0.29, 0.717) is 31.6 Å². The molecule has 0 aliphatic rings. The number of nitrogens with one attached hydrogen (secondary N) is 1. The molecule has 0 bridgehead atoms. The van der Waals surface area contributed by atoms with Crippen molar-refractivity contribution in [2.75, 3.05) is 6.61 Å². The van der Waals surface area contributed by atoms with E-state index in [1.807, 2.05) is 0 Å². The number of unbranched alkanes of at least 4 members (excludes halogenated alkanes) is 2. The Balaban J connectivity index is 2.25. The minimum atomic E-state index is -0.402. The van der Waals surface area contributed by atoms with Gasteiger partial charge in [-0.05, 0) is 26.2 Å². The lowest BCUT2D eigenvalue weighted by Gasteiger charge is -2.05. The van der Waals surface area contributed by atoms with Crippen molar-refractivity contribution >= 4 is 5.97 Å². The molecule has 0 spiro atoms. The van der Waals surface area contributed by atoms with Gasteiger partial charge in [0.1, 0.15) is 0 Å². The lowest BCUT2D eigenvalue weighted by atomic mass is 10.2. The fourth-order valence-electron chi connectivity index (χ4n) is 1.50. The minimum absolute atomic E-state index is 0.308. The van der Waals surface area contributed by atoms with Crippen LogP contribution in [0.1, 0.15) is 26.2 Å². The Kier molecular flexibility index (Phi) is 5.78. The second kappa shape index (κ2) is 7.35. The standard InChI is InChI=1S/C13H18N2O4/c1-10(2)12(17)19-9-5-3-4-8-15-11(16)6-7-14-13(15)18/h6-7H,1,3-5,8-9H2,2H3,(H,14,18). The number of carbonyl (C=O) groups excluding carboxylic acids is 1. The summed E-state index contributed by atoms with van der Waals surface area (Å²) in [6, 6.07) is 1.32. The summed E-state index contributed by atoms with van der Waals surface area (Å²) in [5.41, 5.74) is -0.332. The predicted octanol–water partition coefficient (Wildman–Crippen LogP) is 0.826. The Morgan fingerprint density at radius 3 is 2.74 bits per heavy atom. The topological polar surface area (TPSA) is 81.2 Å². The molecule has 0 aromatic carbocycles. The Labute approximate surface area is 110 Å². The van der Waals surface area contributed by atoms with E-state index < -0.39 is 11.7 Å². The normalized spacial score (nSPS) is 10.2. The second-order valence-electron chi connectivity index (χ2n) is 4.25. The first-order chi connectivity index (χ1) is 9.02. The molecule has 1 aromatic rings. The third kappa shape index (κ3) is 4.95. The zero-order valence-electron chi connectivity index (χ0n) is 11.0. The molecule has 1 heterocycles. The van der Waals surface area contributed by atoms with Gasteiger partial charge in [0.05, 0.1) is 6.61 Å². The first-order valence-corrected chi connectivity index (χ1v) is 6.13. The van der Waals surface area contributed by atoms with E-state index in [1.165, 1.54) is 12.3 Å². The number of hydrogen-bond acceptors (Lipinski definition) is 4. The van der Waals surface area contributed by atoms with Crippen molar-refractivity contribution in [2.45, 2.75) is 32.7 Å². The number of carbonyl (C=O) groups is 1. The summed E-state index contributed by atoms with van der Waals surface area (Å²) in [5.74, 6) is -0.393. The lowest BCUT2D eigenvalue weighted by molar-refractivity contribution is -0.139. The van der Waals surface area contributed by atoms with Crippen LogP contribution < -0.4 is 11.2 Å². The van der Waals surface area contributed by atoms with Crippen molar-refractivity contribution < 1.29 is 9.53 Å². The fraction of sp³-hybridized carbons (Fsp3) is 0.462. The first-order valence-electron chi connectivity index (χ1n) is 6.13. The smallest absolute Gasteiger partial charge is 0.333 e. The molecule has 0 aliphatic heterocycles. The third-order valence-corrected chi connectivity index (χ3v) is 2.55. The van der Waals surface area contributed by atoms with Gasteiger partial charge in [-0.1, -0.05) is 6.58 Å². The van der Waals surface area contributed by atoms with Crippen LogP contribution in [0.2, 0.25) is 0 Å². The van der Waals surface area contributed by atoms with Crippen LogP contribution in [0.25, 0.3) is 0 Å². The van der Waals surface area contributed by atoms with E-state index in [1.54, 1.807) is 6.92 Å². The lowest BCUT2D eigenvalue weighted by Crippen LogP contribution is -2.33. The molecule has 0 saturated carbocycles. The Hall–Kier alpha value is -2.11. The van der Waals surface area contributed by atoms with Crippen molar-refractivity contribution in [2.24, 2.45) is 0 Å². The SMILES string of the molecule is C=C(C)C(=O)OCCCCCn1c(=O)cc[nH]c1=O. The van der Waals surface area contributed by atoms with Crippen LogP contribution in [0.5, 0.6) is 0 Å². The number of H-pyrrole nitrogens is 1. The maximum absolute atomic E-state index is 11.4. The zero-order valence-corrected chi connectivity index (χ0v) is 11.0. The van der Waals surface area contributed by atoms with Crippen molar-refractivity contribution in [1.82, 2.24) is 9.55 Å². The molecule has 1 aromatic heterocycles. The van der Waals surface area contributed by atoms with E-state index in [0.717, 1.165) is 11.0 Å². The summed E-state index contributed by atoms with van der Waals surface area (Å²) in [6.07, 6.45) is 3.47. The molecule has 0 atom stereocenters. The van der Waals surface area contributed by atoms with Crippen molar-refractivity contribution in [3.05, 3.63) is 45.3 Å². The van der Waals surface area contributed by atoms with Gasteiger partial charge in [0, 0.05) is 24.4 Å². The Morgan fingerprint density at radius 2 is 2.11 bits per heavy atom. The monoisotopic (exact) mass is 266 g/mol. The predicted molar refractivity (Wildman–Crippen MR) is 70.9 cm³/mol. The summed E-state index contributed by atoms with van der Waals surface area (Å²) < 4.78 is 6.08. The van der Waals surface area contributed by atoms with Gasteiger partial charge in [0.25, 0.3) is 5.56 Å². The van der Waals surface area contributed by atoms with Crippen molar-refractivity contribution in [3.63, 3.8) is 0 Å². The van der Waals surface area contributed by atoms with Crippen LogP contribution in [0.15, 0.2) is 34.0 Å². The second-order valence-corrected chi connectivity index (χ2v) is 4.25. The average Bonchev–Trinajstić information content (AvgIpc) is 2.36. The summed E-state index contributed by atoms with van der Waals surface area (Å²) in [6.45, 7) is 5.76. The highest BCUT2D eigenvalue weighted by molar-refractivity contribution is 5.86. The molecule has 6 heteroatoms. The molecule has 0 radical (unpaired) electrons. The summed E-state index contributed by atoms with van der Waals surface area (Å²) in [7, 11) is 0. The van der Waals surface area contributed by atoms with Crippen LogP contribution in [0, 0.1) is 0 Å². The molecule has 0 unspecified atom stereocenters. The first kappa shape index (κ1) is 14.9. The largest absolute Gasteiger partial charge is 0.462 e. The van der Waals surface area contributed by atoms with E-state index in [2.05, 4.69) is 11.6 Å². The van der Waals surface area contributed by atoms with E-state index in [9.17, 15) is 14.4 Å².